The minimum atomic E-state index is -0.0815. The van der Waals surface area contributed by atoms with Crippen molar-refractivity contribution in [1.82, 2.24) is 4.98 Å². The molecule has 1 aromatic rings. The molecular formula is C11H19N3OS. The van der Waals surface area contributed by atoms with E-state index in [4.69, 9.17) is 5.73 Å². The minimum Gasteiger partial charge on any atom is -0.323 e. The molecule has 1 heterocycles. The van der Waals surface area contributed by atoms with Crippen LogP contribution in [0.2, 0.25) is 0 Å². The molecule has 90 valence electrons. The van der Waals surface area contributed by atoms with E-state index in [9.17, 15) is 4.79 Å². The Morgan fingerprint density at radius 1 is 1.62 bits per heavy atom. The zero-order valence-electron chi connectivity index (χ0n) is 9.82. The monoisotopic (exact) mass is 241 g/mol. The van der Waals surface area contributed by atoms with Crippen LogP contribution in [0.1, 0.15) is 51.3 Å². The van der Waals surface area contributed by atoms with Crippen LogP contribution in [0.5, 0.6) is 0 Å². The highest BCUT2D eigenvalue weighted by Gasteiger charge is 2.08. The normalized spacial score (nSPS) is 12.4. The third-order valence-electron chi connectivity index (χ3n) is 2.24. The third kappa shape index (κ3) is 4.28. The van der Waals surface area contributed by atoms with Crippen LogP contribution in [-0.4, -0.2) is 10.9 Å². The summed E-state index contributed by atoms with van der Waals surface area (Å²) in [7, 11) is 0. The molecule has 1 aromatic heterocycles. The van der Waals surface area contributed by atoms with Crippen LogP contribution in [-0.2, 0) is 4.79 Å². The second kappa shape index (κ2) is 6.60. The Hall–Kier alpha value is -0.940. The quantitative estimate of drug-likeness (QED) is 0.752. The van der Waals surface area contributed by atoms with E-state index in [1.165, 1.54) is 11.3 Å². The van der Waals surface area contributed by atoms with Crippen molar-refractivity contribution in [2.45, 2.75) is 45.6 Å². The lowest BCUT2D eigenvalue weighted by atomic mass is 10.2. The van der Waals surface area contributed by atoms with E-state index in [1.54, 1.807) is 0 Å². The summed E-state index contributed by atoms with van der Waals surface area (Å²) in [6.45, 7) is 4.00. The van der Waals surface area contributed by atoms with Crippen LogP contribution in [0.3, 0.4) is 0 Å². The highest BCUT2D eigenvalue weighted by Crippen LogP contribution is 2.19. The fourth-order valence-corrected chi connectivity index (χ4v) is 2.10. The van der Waals surface area contributed by atoms with Crippen molar-refractivity contribution >= 4 is 22.4 Å². The summed E-state index contributed by atoms with van der Waals surface area (Å²) in [5, 5.41) is 5.32. The largest absolute Gasteiger partial charge is 0.323 e. The molecule has 0 fully saturated rings. The molecule has 1 rings (SSSR count). The maximum Gasteiger partial charge on any atom is 0.226 e. The van der Waals surface area contributed by atoms with Gasteiger partial charge in [0.2, 0.25) is 5.91 Å². The van der Waals surface area contributed by atoms with Gasteiger partial charge in [0.05, 0.1) is 5.69 Å². The van der Waals surface area contributed by atoms with Gasteiger partial charge in [-0.15, -0.1) is 11.3 Å². The van der Waals surface area contributed by atoms with Crippen LogP contribution >= 0.6 is 11.3 Å². The van der Waals surface area contributed by atoms with E-state index >= 15 is 0 Å². The highest BCUT2D eigenvalue weighted by molar-refractivity contribution is 7.13. The van der Waals surface area contributed by atoms with Gasteiger partial charge in [0.1, 0.15) is 0 Å². The van der Waals surface area contributed by atoms with Crippen molar-refractivity contribution in [2.24, 2.45) is 5.73 Å². The van der Waals surface area contributed by atoms with Gasteiger partial charge < -0.3 is 11.1 Å². The number of nitrogens with zero attached hydrogens (tertiary/aromatic N) is 1. The molecule has 5 heteroatoms. The first-order chi connectivity index (χ1) is 7.63. The van der Waals surface area contributed by atoms with Crippen molar-refractivity contribution in [3.63, 3.8) is 0 Å². The van der Waals surface area contributed by atoms with Gasteiger partial charge >= 0.3 is 0 Å². The maximum atomic E-state index is 11.5. The minimum absolute atomic E-state index is 0.0408. The van der Waals surface area contributed by atoms with E-state index < -0.39 is 0 Å². The molecular weight excluding hydrogens is 222 g/mol. The van der Waals surface area contributed by atoms with Crippen molar-refractivity contribution in [3.05, 3.63) is 11.1 Å². The van der Waals surface area contributed by atoms with Crippen LogP contribution < -0.4 is 11.1 Å². The Morgan fingerprint density at radius 3 is 2.94 bits per heavy atom. The first kappa shape index (κ1) is 13.1. The number of amides is 1. The number of carbonyl (C=O) groups excluding carboxylic acids is 1. The van der Waals surface area contributed by atoms with Crippen molar-refractivity contribution in [3.8, 4) is 0 Å². The summed E-state index contributed by atoms with van der Waals surface area (Å²) in [6.07, 6.45) is 3.73. The molecule has 0 radical (unpaired) electrons. The Morgan fingerprint density at radius 2 is 2.38 bits per heavy atom. The zero-order valence-corrected chi connectivity index (χ0v) is 10.6. The fourth-order valence-electron chi connectivity index (χ4n) is 1.27. The van der Waals surface area contributed by atoms with E-state index in [0.29, 0.717) is 11.6 Å². The molecule has 4 nitrogen and oxygen atoms in total. The summed E-state index contributed by atoms with van der Waals surface area (Å²) in [4.78, 5) is 15.7. The second-order valence-corrected chi connectivity index (χ2v) is 4.73. The first-order valence-electron chi connectivity index (χ1n) is 5.64. The standard InChI is InChI=1S/C11H19N3OS/c1-3-4-5-6-10(15)14-11-13-9(7-16-11)8(2)12/h7-8H,3-6,12H2,1-2H3,(H,13,14,15). The number of carbonyl (C=O) groups is 1. The van der Waals surface area contributed by atoms with Gasteiger partial charge in [-0.3, -0.25) is 4.79 Å². The molecule has 0 spiro atoms. The second-order valence-electron chi connectivity index (χ2n) is 3.87. The summed E-state index contributed by atoms with van der Waals surface area (Å²) >= 11 is 1.42. The Bertz CT molecular complexity index is 336. The number of hydrogen-bond acceptors (Lipinski definition) is 4. The molecule has 0 aliphatic heterocycles. The van der Waals surface area contributed by atoms with Gasteiger partial charge in [0, 0.05) is 17.8 Å². The number of hydrogen-bond donors (Lipinski definition) is 2. The summed E-state index contributed by atoms with van der Waals surface area (Å²) < 4.78 is 0. The zero-order chi connectivity index (χ0) is 12.0. The molecule has 0 aromatic carbocycles. The number of rotatable bonds is 6. The number of nitrogens with one attached hydrogen (secondary N) is 1. The molecule has 0 aliphatic carbocycles. The molecule has 0 bridgehead atoms. The Labute approximate surface area is 100 Å². The maximum absolute atomic E-state index is 11.5. The van der Waals surface area contributed by atoms with Crippen LogP contribution in [0.25, 0.3) is 0 Å². The van der Waals surface area contributed by atoms with Gasteiger partial charge in [-0.2, -0.15) is 0 Å². The van der Waals surface area contributed by atoms with E-state index in [1.807, 2.05) is 12.3 Å². The van der Waals surface area contributed by atoms with Crippen LogP contribution in [0, 0.1) is 0 Å². The predicted octanol–water partition coefficient (Wildman–Crippen LogP) is 2.68. The predicted molar refractivity (Wildman–Crippen MR) is 67.5 cm³/mol. The third-order valence-corrected chi connectivity index (χ3v) is 3.02. The van der Waals surface area contributed by atoms with Gasteiger partial charge in [-0.25, -0.2) is 4.98 Å². The number of thiazole rings is 1. The SMILES string of the molecule is CCCCCC(=O)Nc1nc(C(C)N)cs1. The molecule has 0 saturated carbocycles. The number of unbranched alkanes of at least 4 members (excludes halogenated alkanes) is 2. The van der Waals surface area contributed by atoms with Crippen LogP contribution in [0.4, 0.5) is 5.13 Å². The van der Waals surface area contributed by atoms with Gasteiger partial charge in [-0.05, 0) is 13.3 Å². The average molecular weight is 241 g/mol. The Kier molecular flexibility index (Phi) is 5.42. The summed E-state index contributed by atoms with van der Waals surface area (Å²) in [5.41, 5.74) is 6.52. The molecule has 1 amide bonds. The first-order valence-corrected chi connectivity index (χ1v) is 6.52. The lowest BCUT2D eigenvalue weighted by molar-refractivity contribution is -0.116. The number of aromatic nitrogens is 1. The van der Waals surface area contributed by atoms with Crippen molar-refractivity contribution in [1.29, 1.82) is 0 Å². The lowest BCUT2D eigenvalue weighted by Gasteiger charge is -2.01. The lowest BCUT2D eigenvalue weighted by Crippen LogP contribution is -2.11. The fraction of sp³-hybridized carbons (Fsp3) is 0.636. The van der Waals surface area contributed by atoms with E-state index in [0.717, 1.165) is 25.0 Å². The molecule has 0 saturated heterocycles. The average Bonchev–Trinajstić information content (AvgIpc) is 2.66. The van der Waals surface area contributed by atoms with Gasteiger partial charge in [0.15, 0.2) is 5.13 Å². The van der Waals surface area contributed by atoms with Gasteiger partial charge in [0.25, 0.3) is 0 Å². The molecule has 3 N–H and O–H groups in total. The molecule has 1 atom stereocenters. The summed E-state index contributed by atoms with van der Waals surface area (Å²) in [5.74, 6) is 0.0408. The molecule has 0 aliphatic rings. The van der Waals surface area contributed by atoms with E-state index in [-0.39, 0.29) is 11.9 Å². The van der Waals surface area contributed by atoms with Crippen molar-refractivity contribution in [2.75, 3.05) is 5.32 Å². The number of anilines is 1. The van der Waals surface area contributed by atoms with Crippen molar-refractivity contribution < 1.29 is 4.79 Å². The molecule has 1 unspecified atom stereocenters. The Balaban J connectivity index is 2.37. The van der Waals surface area contributed by atoms with Gasteiger partial charge in [-0.1, -0.05) is 19.8 Å². The highest BCUT2D eigenvalue weighted by atomic mass is 32.1. The number of nitrogens with two attached hydrogens (primary N) is 1. The van der Waals surface area contributed by atoms with Crippen LogP contribution in [0.15, 0.2) is 5.38 Å². The molecule has 16 heavy (non-hydrogen) atoms. The smallest absolute Gasteiger partial charge is 0.226 e. The summed E-state index contributed by atoms with van der Waals surface area (Å²) in [6, 6.07) is -0.0815. The van der Waals surface area contributed by atoms with E-state index in [2.05, 4.69) is 17.2 Å². The topological polar surface area (TPSA) is 68.0 Å².